The molecule has 7 heteroatoms. The van der Waals surface area contributed by atoms with Crippen LogP contribution in [-0.4, -0.2) is 29.4 Å². The molecule has 0 saturated carbocycles. The van der Waals surface area contributed by atoms with E-state index < -0.39 is 12.0 Å². The third-order valence-electron chi connectivity index (χ3n) is 1.36. The molecule has 0 spiro atoms. The van der Waals surface area contributed by atoms with Crippen LogP contribution in [0.2, 0.25) is 0 Å². The zero-order valence-electron chi connectivity index (χ0n) is 6.88. The van der Waals surface area contributed by atoms with Crippen molar-refractivity contribution < 1.29 is 14.7 Å². The Hall–Kier alpha value is -1.59. The number of Topliss-reactive ketones (excluding diaryl/α,β-unsaturated/α-hetero) is 1. The first-order valence-corrected chi connectivity index (χ1v) is 3.59. The highest BCUT2D eigenvalue weighted by atomic mass is 16.4. The monoisotopic (exact) mass is 186 g/mol. The molecule has 0 saturated heterocycles. The molecule has 0 bridgehead atoms. The summed E-state index contributed by atoms with van der Waals surface area (Å²) in [5, 5.41) is 11.4. The number of ketones is 1. The number of carboxylic acids is 1. The normalized spacial score (nSPS) is 11.5. The van der Waals surface area contributed by atoms with Crippen molar-refractivity contribution in [3.05, 3.63) is 10.4 Å². The van der Waals surface area contributed by atoms with Gasteiger partial charge in [-0.1, -0.05) is 5.11 Å². The molecule has 0 aliphatic heterocycles. The summed E-state index contributed by atoms with van der Waals surface area (Å²) < 4.78 is 0. The largest absolute Gasteiger partial charge is 0.480 e. The third kappa shape index (κ3) is 5.66. The first-order chi connectivity index (χ1) is 6.07. The number of rotatable bonds is 6. The van der Waals surface area contributed by atoms with E-state index in [1.165, 1.54) is 0 Å². The van der Waals surface area contributed by atoms with Crippen LogP contribution < -0.4 is 5.73 Å². The number of azide groups is 1. The maximum absolute atomic E-state index is 10.8. The lowest BCUT2D eigenvalue weighted by atomic mass is 10.1. The minimum Gasteiger partial charge on any atom is -0.480 e. The molecule has 0 aliphatic carbocycles. The molecule has 0 aromatic carbocycles. The van der Waals surface area contributed by atoms with E-state index in [0.29, 0.717) is 0 Å². The molecule has 0 rings (SSSR count). The van der Waals surface area contributed by atoms with Gasteiger partial charge in [-0.05, 0) is 12.0 Å². The van der Waals surface area contributed by atoms with E-state index in [-0.39, 0.29) is 25.2 Å². The van der Waals surface area contributed by atoms with Crippen molar-refractivity contribution in [3.63, 3.8) is 0 Å². The molecular formula is C6H10N4O3. The van der Waals surface area contributed by atoms with Crippen LogP contribution in [0.15, 0.2) is 5.11 Å². The molecule has 0 heterocycles. The second kappa shape index (κ2) is 5.99. The summed E-state index contributed by atoms with van der Waals surface area (Å²) in [6.07, 6.45) is 0.0849. The molecule has 7 nitrogen and oxygen atoms in total. The van der Waals surface area contributed by atoms with E-state index in [9.17, 15) is 9.59 Å². The smallest absolute Gasteiger partial charge is 0.320 e. The number of nitrogens with two attached hydrogens (primary N) is 1. The standard InChI is InChI=1S/C6H10N4O3/c7-5(6(12)13)2-1-4(11)3-9-10-8/h5H,1-3,7H2,(H,12,13). The molecule has 72 valence electrons. The highest BCUT2D eigenvalue weighted by Gasteiger charge is 2.12. The van der Waals surface area contributed by atoms with Gasteiger partial charge in [-0.3, -0.25) is 9.59 Å². The van der Waals surface area contributed by atoms with Gasteiger partial charge in [-0.2, -0.15) is 0 Å². The highest BCUT2D eigenvalue weighted by molar-refractivity contribution is 5.81. The van der Waals surface area contributed by atoms with Gasteiger partial charge in [0.05, 0.1) is 6.54 Å². The van der Waals surface area contributed by atoms with Crippen LogP contribution in [0.1, 0.15) is 12.8 Å². The van der Waals surface area contributed by atoms with E-state index >= 15 is 0 Å². The fraction of sp³-hybridized carbons (Fsp3) is 0.667. The summed E-state index contributed by atoms with van der Waals surface area (Å²) in [7, 11) is 0. The molecule has 13 heavy (non-hydrogen) atoms. The van der Waals surface area contributed by atoms with Crippen molar-refractivity contribution in [2.45, 2.75) is 18.9 Å². The Balaban J connectivity index is 3.69. The number of aliphatic carboxylic acids is 1. The average Bonchev–Trinajstić information content (AvgIpc) is 2.10. The average molecular weight is 186 g/mol. The molecule has 0 radical (unpaired) electrons. The van der Waals surface area contributed by atoms with Crippen LogP contribution in [-0.2, 0) is 9.59 Å². The molecule has 0 aromatic heterocycles. The van der Waals surface area contributed by atoms with E-state index in [0.717, 1.165) is 0 Å². The van der Waals surface area contributed by atoms with E-state index in [1.807, 2.05) is 0 Å². The van der Waals surface area contributed by atoms with Crippen LogP contribution >= 0.6 is 0 Å². The number of nitrogens with zero attached hydrogens (tertiary/aromatic N) is 3. The summed E-state index contributed by atoms with van der Waals surface area (Å²) in [4.78, 5) is 23.4. The Morgan fingerprint density at radius 2 is 2.23 bits per heavy atom. The van der Waals surface area contributed by atoms with Gasteiger partial charge >= 0.3 is 5.97 Å². The van der Waals surface area contributed by atoms with Gasteiger partial charge in [-0.15, -0.1) is 0 Å². The third-order valence-corrected chi connectivity index (χ3v) is 1.36. The Morgan fingerprint density at radius 3 is 2.69 bits per heavy atom. The van der Waals surface area contributed by atoms with Gasteiger partial charge in [0.15, 0.2) is 0 Å². The second-order valence-corrected chi connectivity index (χ2v) is 2.41. The summed E-state index contributed by atoms with van der Waals surface area (Å²) in [6.45, 7) is -0.247. The Kier molecular flexibility index (Phi) is 5.25. The van der Waals surface area contributed by atoms with Gasteiger partial charge in [0.1, 0.15) is 11.8 Å². The van der Waals surface area contributed by atoms with E-state index in [1.54, 1.807) is 0 Å². The quantitative estimate of drug-likeness (QED) is 0.345. The number of carboxylic acid groups (broad SMARTS) is 1. The molecule has 0 aliphatic rings. The summed E-state index contributed by atoms with van der Waals surface area (Å²) in [5.41, 5.74) is 13.0. The van der Waals surface area contributed by atoms with E-state index in [4.69, 9.17) is 16.4 Å². The summed E-state index contributed by atoms with van der Waals surface area (Å²) >= 11 is 0. The van der Waals surface area contributed by atoms with Crippen LogP contribution in [0, 0.1) is 0 Å². The zero-order chi connectivity index (χ0) is 10.3. The van der Waals surface area contributed by atoms with E-state index in [2.05, 4.69) is 10.0 Å². The van der Waals surface area contributed by atoms with Crippen molar-refractivity contribution in [1.29, 1.82) is 0 Å². The molecular weight excluding hydrogens is 176 g/mol. The Labute approximate surface area is 74.2 Å². The lowest BCUT2D eigenvalue weighted by Crippen LogP contribution is -2.30. The zero-order valence-corrected chi connectivity index (χ0v) is 6.88. The number of carbonyl (C=O) groups excluding carboxylic acids is 1. The summed E-state index contributed by atoms with van der Waals surface area (Å²) in [6, 6.07) is -1.03. The maximum Gasteiger partial charge on any atom is 0.320 e. The number of carbonyl (C=O) groups is 2. The predicted octanol–water partition coefficient (Wildman–Crippen LogP) is 0.0579. The Bertz CT molecular complexity index is 246. The fourth-order valence-corrected chi connectivity index (χ4v) is 0.630. The minimum absolute atomic E-state index is 0.0203. The first-order valence-electron chi connectivity index (χ1n) is 3.59. The molecule has 0 aromatic rings. The maximum atomic E-state index is 10.8. The lowest BCUT2D eigenvalue weighted by Gasteiger charge is -2.03. The van der Waals surface area contributed by atoms with Gasteiger partial charge in [0.2, 0.25) is 0 Å². The fourth-order valence-electron chi connectivity index (χ4n) is 0.630. The van der Waals surface area contributed by atoms with Crippen molar-refractivity contribution in [3.8, 4) is 0 Å². The van der Waals surface area contributed by atoms with Crippen molar-refractivity contribution in [1.82, 2.24) is 0 Å². The predicted molar refractivity (Wildman–Crippen MR) is 43.9 cm³/mol. The van der Waals surface area contributed by atoms with Gasteiger partial charge in [-0.25, -0.2) is 0 Å². The SMILES string of the molecule is [N-]=[N+]=NCC(=O)CCC(N)C(=O)O. The van der Waals surface area contributed by atoms with Crippen molar-refractivity contribution in [2.75, 3.05) is 6.54 Å². The molecule has 3 N–H and O–H groups in total. The Morgan fingerprint density at radius 1 is 1.62 bits per heavy atom. The van der Waals surface area contributed by atoms with Crippen molar-refractivity contribution in [2.24, 2.45) is 10.8 Å². The van der Waals surface area contributed by atoms with Crippen LogP contribution in [0.25, 0.3) is 10.4 Å². The molecule has 1 unspecified atom stereocenters. The van der Waals surface area contributed by atoms with Crippen molar-refractivity contribution >= 4 is 11.8 Å². The molecule has 0 amide bonds. The molecule has 0 fully saturated rings. The second-order valence-electron chi connectivity index (χ2n) is 2.41. The minimum atomic E-state index is -1.14. The van der Waals surface area contributed by atoms with Gasteiger partial charge in [0, 0.05) is 11.3 Å². The van der Waals surface area contributed by atoms with Crippen LogP contribution in [0.3, 0.4) is 0 Å². The van der Waals surface area contributed by atoms with Gasteiger partial charge < -0.3 is 10.8 Å². The highest BCUT2D eigenvalue weighted by Crippen LogP contribution is 1.96. The molecule has 1 atom stereocenters. The van der Waals surface area contributed by atoms with Crippen LogP contribution in [0.5, 0.6) is 0 Å². The van der Waals surface area contributed by atoms with Gasteiger partial charge in [0.25, 0.3) is 0 Å². The summed E-state index contributed by atoms with van der Waals surface area (Å²) in [5.74, 6) is -1.45. The lowest BCUT2D eigenvalue weighted by molar-refractivity contribution is -0.138. The van der Waals surface area contributed by atoms with Crippen LogP contribution in [0.4, 0.5) is 0 Å². The first kappa shape index (κ1) is 11.4. The topological polar surface area (TPSA) is 129 Å². The number of hydrogen-bond donors (Lipinski definition) is 2. The number of hydrogen-bond acceptors (Lipinski definition) is 4.